The van der Waals surface area contributed by atoms with Crippen LogP contribution in [0, 0.1) is 6.92 Å². The van der Waals surface area contributed by atoms with Gasteiger partial charge in [-0.2, -0.15) is 0 Å². The number of thioether (sulfide) groups is 1. The fourth-order valence-corrected chi connectivity index (χ4v) is 5.71. The highest BCUT2D eigenvalue weighted by Crippen LogP contribution is 2.28. The molecule has 1 aliphatic rings. The first kappa shape index (κ1) is 26.2. The second-order valence-electron chi connectivity index (χ2n) is 9.79. The molecule has 2 heterocycles. The van der Waals surface area contributed by atoms with Gasteiger partial charge in [-0.3, -0.25) is 14.3 Å². The minimum Gasteiger partial charge on any atom is -0.340 e. The van der Waals surface area contributed by atoms with Gasteiger partial charge in [0.1, 0.15) is 0 Å². The first-order chi connectivity index (χ1) is 18.7. The number of benzene rings is 3. The van der Waals surface area contributed by atoms with E-state index >= 15 is 0 Å². The lowest BCUT2D eigenvalue weighted by molar-refractivity contribution is -0.133. The predicted molar refractivity (Wildman–Crippen MR) is 154 cm³/mol. The van der Waals surface area contributed by atoms with E-state index in [1.807, 2.05) is 23.1 Å². The lowest BCUT2D eigenvalue weighted by atomic mass is 10.1. The summed E-state index contributed by atoms with van der Waals surface area (Å²) in [6.45, 7) is 6.57. The van der Waals surface area contributed by atoms with Crippen LogP contribution in [-0.2, 0) is 11.3 Å². The van der Waals surface area contributed by atoms with Gasteiger partial charge in [-0.15, -0.1) is 10.2 Å². The fraction of sp³-hybridized carbons (Fsp3) is 0.323. The molecule has 1 fully saturated rings. The average molecular weight is 526 g/mol. The van der Waals surface area contributed by atoms with Gasteiger partial charge in [0, 0.05) is 56.1 Å². The van der Waals surface area contributed by atoms with E-state index in [1.165, 1.54) is 11.1 Å². The number of para-hydroxylation sites is 1. The Kier molecular flexibility index (Phi) is 8.89. The molecule has 0 aliphatic carbocycles. The van der Waals surface area contributed by atoms with Crippen molar-refractivity contribution in [1.29, 1.82) is 0 Å². The Hall–Kier alpha value is -3.42. The number of amides is 1. The van der Waals surface area contributed by atoms with E-state index in [4.69, 9.17) is 0 Å². The summed E-state index contributed by atoms with van der Waals surface area (Å²) in [5.74, 6) is 2.03. The Morgan fingerprint density at radius 2 is 1.50 bits per heavy atom. The van der Waals surface area contributed by atoms with E-state index < -0.39 is 0 Å². The molecule has 1 saturated heterocycles. The van der Waals surface area contributed by atoms with E-state index in [0.717, 1.165) is 73.5 Å². The number of rotatable bonds is 10. The molecule has 196 valence electrons. The van der Waals surface area contributed by atoms with Gasteiger partial charge in [0.25, 0.3) is 0 Å². The third-order valence-corrected chi connectivity index (χ3v) is 7.96. The quantitative estimate of drug-likeness (QED) is 0.192. The first-order valence-electron chi connectivity index (χ1n) is 13.4. The second-order valence-corrected chi connectivity index (χ2v) is 10.9. The Labute approximate surface area is 229 Å². The molecule has 3 aromatic carbocycles. The van der Waals surface area contributed by atoms with Crippen LogP contribution in [-0.4, -0.2) is 62.4 Å². The van der Waals surface area contributed by atoms with Crippen LogP contribution in [0.1, 0.15) is 30.4 Å². The minimum atomic E-state index is 0.281. The summed E-state index contributed by atoms with van der Waals surface area (Å²) >= 11 is 1.71. The Morgan fingerprint density at radius 3 is 2.21 bits per heavy atom. The molecule has 0 saturated carbocycles. The van der Waals surface area contributed by atoms with Crippen molar-refractivity contribution in [2.24, 2.45) is 0 Å². The summed E-state index contributed by atoms with van der Waals surface area (Å²) < 4.78 is 2.13. The van der Waals surface area contributed by atoms with Crippen molar-refractivity contribution >= 4 is 17.7 Å². The van der Waals surface area contributed by atoms with Crippen LogP contribution in [0.15, 0.2) is 90.1 Å². The number of carbonyl (C=O) groups excluding carboxylic acids is 1. The van der Waals surface area contributed by atoms with E-state index in [-0.39, 0.29) is 5.91 Å². The van der Waals surface area contributed by atoms with Gasteiger partial charge >= 0.3 is 0 Å². The Balaban J connectivity index is 1.10. The first-order valence-corrected chi connectivity index (χ1v) is 14.4. The van der Waals surface area contributed by atoms with Crippen LogP contribution in [0.3, 0.4) is 0 Å². The van der Waals surface area contributed by atoms with Gasteiger partial charge in [0.15, 0.2) is 11.0 Å². The lowest BCUT2D eigenvalue weighted by Gasteiger charge is -2.34. The number of piperazine rings is 1. The van der Waals surface area contributed by atoms with Crippen LogP contribution in [0.4, 0.5) is 0 Å². The van der Waals surface area contributed by atoms with E-state index in [9.17, 15) is 4.79 Å². The highest BCUT2D eigenvalue weighted by Gasteiger charge is 2.21. The number of aromatic nitrogens is 3. The number of carbonyl (C=O) groups is 1. The maximum atomic E-state index is 12.8. The summed E-state index contributed by atoms with van der Waals surface area (Å²) in [6.07, 6.45) is 2.46. The number of nitrogens with zero attached hydrogens (tertiary/aromatic N) is 5. The normalized spacial score (nSPS) is 14.1. The zero-order chi connectivity index (χ0) is 26.2. The summed E-state index contributed by atoms with van der Waals surface area (Å²) in [5.41, 5.74) is 4.65. The smallest absolute Gasteiger partial charge is 0.222 e. The van der Waals surface area contributed by atoms with Crippen molar-refractivity contribution in [2.75, 3.05) is 31.9 Å². The monoisotopic (exact) mass is 525 g/mol. The molecular formula is C31H35N5OS. The molecule has 1 amide bonds. The van der Waals surface area contributed by atoms with Crippen molar-refractivity contribution in [1.82, 2.24) is 24.6 Å². The molecule has 0 unspecified atom stereocenters. The summed E-state index contributed by atoms with van der Waals surface area (Å²) in [4.78, 5) is 17.3. The van der Waals surface area contributed by atoms with Gasteiger partial charge < -0.3 is 4.90 Å². The van der Waals surface area contributed by atoms with Crippen LogP contribution in [0.2, 0.25) is 0 Å². The Morgan fingerprint density at radius 1 is 0.816 bits per heavy atom. The lowest BCUT2D eigenvalue weighted by Crippen LogP contribution is -2.48. The molecule has 1 aliphatic heterocycles. The van der Waals surface area contributed by atoms with Crippen LogP contribution >= 0.6 is 11.8 Å². The van der Waals surface area contributed by atoms with Crippen molar-refractivity contribution in [2.45, 2.75) is 37.9 Å². The van der Waals surface area contributed by atoms with Crippen LogP contribution < -0.4 is 0 Å². The molecule has 4 aromatic rings. The molecule has 0 radical (unpaired) electrons. The summed E-state index contributed by atoms with van der Waals surface area (Å²) in [7, 11) is 0. The zero-order valence-corrected chi connectivity index (χ0v) is 22.8. The molecule has 0 N–H and O–H groups in total. The molecule has 5 rings (SSSR count). The molecule has 0 atom stereocenters. The molecule has 0 spiro atoms. The van der Waals surface area contributed by atoms with Gasteiger partial charge in [0.05, 0.1) is 0 Å². The van der Waals surface area contributed by atoms with Crippen LogP contribution in [0.25, 0.3) is 17.1 Å². The maximum absolute atomic E-state index is 12.8. The maximum Gasteiger partial charge on any atom is 0.222 e. The van der Waals surface area contributed by atoms with Crippen LogP contribution in [0.5, 0.6) is 0 Å². The van der Waals surface area contributed by atoms with Gasteiger partial charge in [-0.25, -0.2) is 0 Å². The molecule has 38 heavy (non-hydrogen) atoms. The Bertz CT molecular complexity index is 1300. The minimum absolute atomic E-state index is 0.281. The highest BCUT2D eigenvalue weighted by atomic mass is 32.2. The van der Waals surface area contributed by atoms with Gasteiger partial charge in [-0.1, -0.05) is 90.1 Å². The molecule has 7 heteroatoms. The van der Waals surface area contributed by atoms with Crippen molar-refractivity contribution in [3.05, 3.63) is 96.1 Å². The third kappa shape index (κ3) is 6.71. The predicted octanol–water partition coefficient (Wildman–Crippen LogP) is 5.85. The number of hydrogen-bond acceptors (Lipinski definition) is 5. The van der Waals surface area contributed by atoms with Gasteiger partial charge in [-0.05, 0) is 37.5 Å². The van der Waals surface area contributed by atoms with E-state index in [2.05, 4.69) is 93.3 Å². The second kappa shape index (κ2) is 12.9. The fourth-order valence-electron chi connectivity index (χ4n) is 4.76. The van der Waals surface area contributed by atoms with Crippen molar-refractivity contribution in [3.8, 4) is 17.1 Å². The SMILES string of the molecule is Cc1ccc(-c2nnc(SCCCCC(=O)N3CCN(Cc4ccccc4)CC3)n2-c2ccccc2)cc1. The molecule has 1 aromatic heterocycles. The van der Waals surface area contributed by atoms with E-state index in [1.54, 1.807) is 11.8 Å². The highest BCUT2D eigenvalue weighted by molar-refractivity contribution is 7.99. The summed E-state index contributed by atoms with van der Waals surface area (Å²) in [5, 5.41) is 9.95. The van der Waals surface area contributed by atoms with Crippen molar-refractivity contribution < 1.29 is 4.79 Å². The number of aryl methyl sites for hydroxylation is 1. The van der Waals surface area contributed by atoms with Crippen molar-refractivity contribution in [3.63, 3.8) is 0 Å². The average Bonchev–Trinajstić information content (AvgIpc) is 3.38. The van der Waals surface area contributed by atoms with Gasteiger partial charge in [0.2, 0.25) is 5.91 Å². The standard InChI is InChI=1S/C31H35N5OS/c1-25-15-17-27(18-16-25)30-32-33-31(36(30)28-12-6-3-7-13-28)38-23-9-8-14-29(37)35-21-19-34(20-22-35)24-26-10-4-2-5-11-26/h2-7,10-13,15-18H,8-9,14,19-24H2,1H3. The largest absolute Gasteiger partial charge is 0.340 e. The number of hydrogen-bond donors (Lipinski definition) is 0. The number of unbranched alkanes of at least 4 members (excludes halogenated alkanes) is 1. The zero-order valence-electron chi connectivity index (χ0n) is 22.0. The molecule has 6 nitrogen and oxygen atoms in total. The molecular weight excluding hydrogens is 490 g/mol. The summed E-state index contributed by atoms with van der Waals surface area (Å²) in [6, 6.07) is 29.2. The molecule has 0 bridgehead atoms. The third-order valence-electron chi connectivity index (χ3n) is 6.95. The van der Waals surface area contributed by atoms with E-state index in [0.29, 0.717) is 6.42 Å². The topological polar surface area (TPSA) is 54.3 Å².